The van der Waals surface area contributed by atoms with Gasteiger partial charge in [-0.15, -0.1) is 11.3 Å². The molecule has 4 heteroatoms. The number of hydrogen-bond acceptors (Lipinski definition) is 3. The second-order valence-corrected chi connectivity index (χ2v) is 6.05. The Labute approximate surface area is 123 Å². The van der Waals surface area contributed by atoms with Gasteiger partial charge in [0.05, 0.1) is 4.88 Å². The number of carbonyl (C=O) groups excluding carboxylic acids is 1. The third-order valence-electron chi connectivity index (χ3n) is 3.58. The van der Waals surface area contributed by atoms with E-state index in [1.54, 1.807) is 11.3 Å². The molecule has 1 aliphatic heterocycles. The van der Waals surface area contributed by atoms with Gasteiger partial charge in [-0.3, -0.25) is 4.79 Å². The molecule has 20 heavy (non-hydrogen) atoms. The van der Waals surface area contributed by atoms with Gasteiger partial charge >= 0.3 is 0 Å². The number of hydrogen-bond donors (Lipinski definition) is 1. The molecular formula is C16H18N2OS. The number of para-hydroxylation sites is 1. The monoisotopic (exact) mass is 286 g/mol. The summed E-state index contributed by atoms with van der Waals surface area (Å²) < 4.78 is 0. The molecule has 1 aliphatic rings. The summed E-state index contributed by atoms with van der Waals surface area (Å²) in [6.07, 6.45) is 0.982. The summed E-state index contributed by atoms with van der Waals surface area (Å²) in [5, 5.41) is 3.37. The second kappa shape index (κ2) is 5.77. The summed E-state index contributed by atoms with van der Waals surface area (Å²) in [7, 11) is 0. The van der Waals surface area contributed by atoms with Gasteiger partial charge in [0.25, 0.3) is 5.91 Å². The largest absolute Gasteiger partial charge is 0.311 e. The van der Waals surface area contributed by atoms with Crippen LogP contribution < -0.4 is 10.2 Å². The fourth-order valence-corrected chi connectivity index (χ4v) is 3.38. The smallest absolute Gasteiger partial charge is 0.268 e. The number of anilines is 1. The Hall–Kier alpha value is -1.65. The fourth-order valence-electron chi connectivity index (χ4n) is 2.48. The molecular weight excluding hydrogens is 268 g/mol. The van der Waals surface area contributed by atoms with Gasteiger partial charge in [0.2, 0.25) is 0 Å². The zero-order valence-corrected chi connectivity index (χ0v) is 12.4. The van der Waals surface area contributed by atoms with E-state index >= 15 is 0 Å². The van der Waals surface area contributed by atoms with Crippen molar-refractivity contribution in [3.63, 3.8) is 0 Å². The first-order valence-corrected chi connectivity index (χ1v) is 7.80. The van der Waals surface area contributed by atoms with Crippen LogP contribution in [0.15, 0.2) is 36.4 Å². The van der Waals surface area contributed by atoms with Gasteiger partial charge in [0, 0.05) is 30.2 Å². The van der Waals surface area contributed by atoms with E-state index in [9.17, 15) is 4.79 Å². The molecule has 0 saturated carbocycles. The molecule has 0 unspecified atom stereocenters. The van der Waals surface area contributed by atoms with Crippen molar-refractivity contribution in [1.82, 2.24) is 5.32 Å². The summed E-state index contributed by atoms with van der Waals surface area (Å²) in [6, 6.07) is 12.1. The van der Waals surface area contributed by atoms with Crippen LogP contribution >= 0.6 is 11.3 Å². The molecule has 0 atom stereocenters. The summed E-state index contributed by atoms with van der Waals surface area (Å²) in [4.78, 5) is 16.7. The Morgan fingerprint density at radius 3 is 2.95 bits per heavy atom. The summed E-state index contributed by atoms with van der Waals surface area (Å²) in [5.41, 5.74) is 2.22. The molecule has 0 aliphatic carbocycles. The molecule has 2 aromatic rings. The maximum absolute atomic E-state index is 12.8. The lowest BCUT2D eigenvalue weighted by atomic mass is 10.1. The number of fused-ring (bicyclic) bond motifs is 1. The minimum absolute atomic E-state index is 0.117. The lowest BCUT2D eigenvalue weighted by molar-refractivity contribution is 0.0991. The molecule has 1 aromatic carbocycles. The molecule has 0 bridgehead atoms. The maximum atomic E-state index is 12.8. The van der Waals surface area contributed by atoms with E-state index < -0.39 is 0 Å². The van der Waals surface area contributed by atoms with Gasteiger partial charge in [-0.2, -0.15) is 0 Å². The van der Waals surface area contributed by atoms with Crippen molar-refractivity contribution in [1.29, 1.82) is 0 Å². The van der Waals surface area contributed by atoms with Crippen molar-refractivity contribution in [3.8, 4) is 0 Å². The third kappa shape index (κ3) is 2.49. The van der Waals surface area contributed by atoms with Crippen LogP contribution in [0.3, 0.4) is 0 Å². The predicted molar refractivity (Wildman–Crippen MR) is 83.5 cm³/mol. The maximum Gasteiger partial charge on any atom is 0.268 e. The van der Waals surface area contributed by atoms with E-state index in [1.807, 2.05) is 29.2 Å². The van der Waals surface area contributed by atoms with Gasteiger partial charge < -0.3 is 10.2 Å². The van der Waals surface area contributed by atoms with Crippen molar-refractivity contribution >= 4 is 22.9 Å². The van der Waals surface area contributed by atoms with E-state index in [0.717, 1.165) is 36.6 Å². The number of nitrogens with one attached hydrogen (secondary N) is 1. The lowest BCUT2D eigenvalue weighted by Gasteiger charge is -2.21. The standard InChI is InChI=1S/C16H18N2OS/c1-2-13-7-8-15(20-13)16(19)18-10-9-17-11-12-5-3-4-6-14(12)18/h3-8,17H,2,9-11H2,1H3. The molecule has 1 N–H and O–H groups in total. The van der Waals surface area contributed by atoms with Gasteiger partial charge in [-0.05, 0) is 30.2 Å². The second-order valence-electron chi connectivity index (χ2n) is 4.88. The van der Waals surface area contributed by atoms with Gasteiger partial charge in [-0.1, -0.05) is 25.1 Å². The van der Waals surface area contributed by atoms with Crippen molar-refractivity contribution in [3.05, 3.63) is 51.7 Å². The Balaban J connectivity index is 1.94. The molecule has 104 valence electrons. The van der Waals surface area contributed by atoms with Crippen molar-refractivity contribution < 1.29 is 4.79 Å². The number of aryl methyl sites for hydroxylation is 1. The van der Waals surface area contributed by atoms with Crippen LogP contribution in [0.25, 0.3) is 0 Å². The first-order chi connectivity index (χ1) is 9.79. The van der Waals surface area contributed by atoms with Crippen LogP contribution in [0.5, 0.6) is 0 Å². The van der Waals surface area contributed by atoms with E-state index in [4.69, 9.17) is 0 Å². The van der Waals surface area contributed by atoms with Crippen LogP contribution in [0.4, 0.5) is 5.69 Å². The molecule has 3 nitrogen and oxygen atoms in total. The van der Waals surface area contributed by atoms with Crippen LogP contribution in [-0.2, 0) is 13.0 Å². The summed E-state index contributed by atoms with van der Waals surface area (Å²) in [5.74, 6) is 0.117. The molecule has 2 heterocycles. The fraction of sp³-hybridized carbons (Fsp3) is 0.312. The molecule has 1 amide bonds. The SMILES string of the molecule is CCc1ccc(C(=O)N2CCNCc3ccccc32)s1. The summed E-state index contributed by atoms with van der Waals surface area (Å²) in [6.45, 7) is 4.48. The van der Waals surface area contributed by atoms with Gasteiger partial charge in [0.15, 0.2) is 0 Å². The minimum atomic E-state index is 0.117. The average Bonchev–Trinajstić information content (AvgIpc) is 2.86. The molecule has 0 radical (unpaired) electrons. The van der Waals surface area contributed by atoms with E-state index in [-0.39, 0.29) is 5.91 Å². The highest BCUT2D eigenvalue weighted by atomic mass is 32.1. The van der Waals surface area contributed by atoms with Crippen LogP contribution in [0.2, 0.25) is 0 Å². The number of carbonyl (C=O) groups is 1. The summed E-state index contributed by atoms with van der Waals surface area (Å²) >= 11 is 1.60. The van der Waals surface area contributed by atoms with Crippen LogP contribution in [-0.4, -0.2) is 19.0 Å². The number of nitrogens with zero attached hydrogens (tertiary/aromatic N) is 1. The normalized spacial score (nSPS) is 14.8. The van der Waals surface area contributed by atoms with E-state index in [0.29, 0.717) is 0 Å². The molecule has 0 spiro atoms. The Bertz CT molecular complexity index is 620. The highest BCUT2D eigenvalue weighted by Crippen LogP contribution is 2.26. The zero-order chi connectivity index (χ0) is 13.9. The van der Waals surface area contributed by atoms with Crippen LogP contribution in [0, 0.1) is 0 Å². The van der Waals surface area contributed by atoms with Crippen molar-refractivity contribution in [2.45, 2.75) is 19.9 Å². The molecule has 1 aromatic heterocycles. The van der Waals surface area contributed by atoms with Crippen molar-refractivity contribution in [2.75, 3.05) is 18.0 Å². The number of thiophene rings is 1. The van der Waals surface area contributed by atoms with Crippen LogP contribution in [0.1, 0.15) is 27.0 Å². The number of rotatable bonds is 2. The molecule has 0 fully saturated rings. The Morgan fingerprint density at radius 1 is 1.30 bits per heavy atom. The number of benzene rings is 1. The zero-order valence-electron chi connectivity index (χ0n) is 11.6. The molecule has 0 saturated heterocycles. The highest BCUT2D eigenvalue weighted by Gasteiger charge is 2.22. The predicted octanol–water partition coefficient (Wildman–Crippen LogP) is 3.06. The van der Waals surface area contributed by atoms with Gasteiger partial charge in [0.1, 0.15) is 0 Å². The third-order valence-corrected chi connectivity index (χ3v) is 4.79. The Morgan fingerprint density at radius 2 is 2.15 bits per heavy atom. The minimum Gasteiger partial charge on any atom is -0.311 e. The van der Waals surface area contributed by atoms with Crippen molar-refractivity contribution in [2.24, 2.45) is 0 Å². The topological polar surface area (TPSA) is 32.3 Å². The first kappa shape index (κ1) is 13.3. The Kier molecular flexibility index (Phi) is 3.85. The lowest BCUT2D eigenvalue weighted by Crippen LogP contribution is -2.34. The molecule has 3 rings (SSSR count). The van der Waals surface area contributed by atoms with E-state index in [2.05, 4.69) is 24.4 Å². The van der Waals surface area contributed by atoms with Gasteiger partial charge in [-0.25, -0.2) is 0 Å². The quantitative estimate of drug-likeness (QED) is 0.920. The average molecular weight is 286 g/mol. The highest BCUT2D eigenvalue weighted by molar-refractivity contribution is 7.14. The van der Waals surface area contributed by atoms with E-state index in [1.165, 1.54) is 10.4 Å². The number of amides is 1. The first-order valence-electron chi connectivity index (χ1n) is 6.99.